The molecule has 1 aliphatic heterocycles. The van der Waals surface area contributed by atoms with Gasteiger partial charge in [0.2, 0.25) is 17.8 Å². The minimum absolute atomic E-state index is 0.0676. The Kier molecular flexibility index (Phi) is 6.64. The SMILES string of the molecule is CC(C)c1ccc(C(NC(=O)C2CC(F)CN2C(=O)Cc2cn[nH]n2)c2ccn3cncc3c2)nc1F. The van der Waals surface area contributed by atoms with Gasteiger partial charge in [-0.25, -0.2) is 14.4 Å². The van der Waals surface area contributed by atoms with Gasteiger partial charge in [0.05, 0.1) is 54.6 Å². The van der Waals surface area contributed by atoms with Gasteiger partial charge in [-0.1, -0.05) is 19.9 Å². The summed E-state index contributed by atoms with van der Waals surface area (Å²) in [6.07, 6.45) is 4.87. The number of pyridine rings is 2. The van der Waals surface area contributed by atoms with Crippen LogP contribution in [-0.2, 0) is 16.0 Å². The normalized spacial score (nSPS) is 18.5. The van der Waals surface area contributed by atoms with Crippen molar-refractivity contribution in [3.05, 3.63) is 77.6 Å². The number of carbonyl (C=O) groups excluding carboxylic acids is 2. The van der Waals surface area contributed by atoms with Gasteiger partial charge in [-0.3, -0.25) is 9.59 Å². The number of nitrogens with zero attached hydrogens (tertiary/aromatic N) is 6. The number of aromatic nitrogens is 6. The van der Waals surface area contributed by atoms with Crippen molar-refractivity contribution in [1.29, 1.82) is 0 Å². The highest BCUT2D eigenvalue weighted by atomic mass is 19.1. The summed E-state index contributed by atoms with van der Waals surface area (Å²) in [6.45, 7) is 3.53. The Hall–Kier alpha value is -4.22. The Morgan fingerprint density at radius 3 is 2.81 bits per heavy atom. The molecule has 4 aromatic rings. The zero-order valence-corrected chi connectivity index (χ0v) is 20.3. The van der Waals surface area contributed by atoms with E-state index in [1.165, 1.54) is 11.1 Å². The van der Waals surface area contributed by atoms with Gasteiger partial charge in [0.15, 0.2) is 0 Å². The number of fused-ring (bicyclic) bond motifs is 1. The smallest absolute Gasteiger partial charge is 0.243 e. The maximum Gasteiger partial charge on any atom is 0.243 e. The average molecular weight is 509 g/mol. The van der Waals surface area contributed by atoms with Crippen LogP contribution in [0.25, 0.3) is 5.52 Å². The van der Waals surface area contributed by atoms with E-state index in [9.17, 15) is 18.4 Å². The first-order valence-corrected chi connectivity index (χ1v) is 12.0. The molecule has 10 nitrogen and oxygen atoms in total. The van der Waals surface area contributed by atoms with Crippen molar-refractivity contribution in [1.82, 2.24) is 40.0 Å². The molecule has 4 aromatic heterocycles. The highest BCUT2D eigenvalue weighted by Crippen LogP contribution is 2.27. The second-order valence-corrected chi connectivity index (χ2v) is 9.43. The number of hydrogen-bond acceptors (Lipinski definition) is 6. The molecule has 1 saturated heterocycles. The Morgan fingerprint density at radius 2 is 2.08 bits per heavy atom. The minimum atomic E-state index is -1.35. The lowest BCUT2D eigenvalue weighted by molar-refractivity contribution is -0.138. The van der Waals surface area contributed by atoms with E-state index >= 15 is 0 Å². The van der Waals surface area contributed by atoms with E-state index in [1.54, 1.807) is 41.3 Å². The number of imidazole rings is 1. The molecular weight excluding hydrogens is 482 g/mol. The maximum atomic E-state index is 14.9. The van der Waals surface area contributed by atoms with Gasteiger partial charge < -0.3 is 14.6 Å². The summed E-state index contributed by atoms with van der Waals surface area (Å²) >= 11 is 0. The van der Waals surface area contributed by atoms with Crippen LogP contribution in [0.4, 0.5) is 8.78 Å². The van der Waals surface area contributed by atoms with Gasteiger partial charge in [0.25, 0.3) is 0 Å². The number of H-pyrrole nitrogens is 1. The van der Waals surface area contributed by atoms with Crippen LogP contribution in [0, 0.1) is 5.95 Å². The Bertz CT molecular complexity index is 1420. The second-order valence-electron chi connectivity index (χ2n) is 9.43. The largest absolute Gasteiger partial charge is 0.342 e. The first-order chi connectivity index (χ1) is 17.8. The molecule has 192 valence electrons. The fourth-order valence-corrected chi connectivity index (χ4v) is 4.61. The number of halogens is 2. The van der Waals surface area contributed by atoms with Crippen molar-refractivity contribution in [3.63, 3.8) is 0 Å². The second kappa shape index (κ2) is 10.0. The number of carbonyl (C=O) groups is 2. The van der Waals surface area contributed by atoms with E-state index in [0.29, 0.717) is 16.8 Å². The summed E-state index contributed by atoms with van der Waals surface area (Å²) < 4.78 is 31.1. The third kappa shape index (κ3) is 5.04. The van der Waals surface area contributed by atoms with E-state index in [-0.39, 0.29) is 31.0 Å². The summed E-state index contributed by atoms with van der Waals surface area (Å²) in [6, 6.07) is 5.04. The Balaban J connectivity index is 1.45. The van der Waals surface area contributed by atoms with Crippen molar-refractivity contribution in [2.45, 2.75) is 50.9 Å². The molecule has 3 unspecified atom stereocenters. The quantitative estimate of drug-likeness (QED) is 0.370. The molecule has 0 radical (unpaired) electrons. The summed E-state index contributed by atoms with van der Waals surface area (Å²) in [5, 5.41) is 12.9. The van der Waals surface area contributed by atoms with Gasteiger partial charge in [-0.15, -0.1) is 0 Å². The number of likely N-dealkylation sites (tertiary alicyclic amines) is 1. The lowest BCUT2D eigenvalue weighted by atomic mass is 10.00. The molecule has 5 heterocycles. The number of aromatic amines is 1. The zero-order valence-electron chi connectivity index (χ0n) is 20.3. The highest BCUT2D eigenvalue weighted by molar-refractivity contribution is 5.89. The monoisotopic (exact) mass is 508 g/mol. The molecule has 0 aromatic carbocycles. The number of nitrogens with one attached hydrogen (secondary N) is 2. The van der Waals surface area contributed by atoms with E-state index in [1.807, 2.05) is 19.9 Å². The van der Waals surface area contributed by atoms with Crippen LogP contribution in [0.5, 0.6) is 0 Å². The average Bonchev–Trinajstić information content (AvgIpc) is 3.62. The number of alkyl halides is 1. The third-order valence-corrected chi connectivity index (χ3v) is 6.55. The van der Waals surface area contributed by atoms with Gasteiger partial charge in [-0.05, 0) is 29.7 Å². The van der Waals surface area contributed by atoms with Gasteiger partial charge >= 0.3 is 0 Å². The molecule has 0 spiro atoms. The summed E-state index contributed by atoms with van der Waals surface area (Å²) in [5.74, 6) is -1.67. The maximum absolute atomic E-state index is 14.9. The van der Waals surface area contributed by atoms with Crippen LogP contribution in [0.2, 0.25) is 0 Å². The molecule has 37 heavy (non-hydrogen) atoms. The zero-order chi connectivity index (χ0) is 26.1. The molecule has 2 amide bonds. The van der Waals surface area contributed by atoms with Gasteiger partial charge in [-0.2, -0.15) is 19.8 Å². The topological polar surface area (TPSA) is 121 Å². The summed E-state index contributed by atoms with van der Waals surface area (Å²) in [4.78, 5) is 35.9. The molecule has 1 aliphatic rings. The molecule has 0 saturated carbocycles. The van der Waals surface area contributed by atoms with Crippen molar-refractivity contribution in [2.75, 3.05) is 6.54 Å². The molecule has 1 fully saturated rings. The molecule has 3 atom stereocenters. The van der Waals surface area contributed by atoms with Crippen molar-refractivity contribution < 1.29 is 18.4 Å². The molecular formula is C25H26F2N8O2. The summed E-state index contributed by atoms with van der Waals surface area (Å²) in [7, 11) is 0. The molecule has 0 bridgehead atoms. The van der Waals surface area contributed by atoms with Crippen molar-refractivity contribution in [2.24, 2.45) is 0 Å². The fraction of sp³-hybridized carbons (Fsp3) is 0.360. The summed E-state index contributed by atoms with van der Waals surface area (Å²) in [5.41, 5.74) is 2.55. The molecule has 5 rings (SSSR count). The van der Waals surface area contributed by atoms with Gasteiger partial charge in [0.1, 0.15) is 12.2 Å². The standard InChI is InChI=1S/C25H26F2N8O2/c1-14(2)19-3-4-20(30-24(19)27)23(15-5-6-34-13-28-11-18(34)7-15)31-25(37)21-8-16(26)12-35(21)22(36)9-17-10-29-33-32-17/h3-7,10-11,13-14,16,21,23H,8-9,12H2,1-2H3,(H,31,37)(H,29,32,33). The van der Waals surface area contributed by atoms with Crippen LogP contribution < -0.4 is 5.32 Å². The number of hydrogen-bond donors (Lipinski definition) is 2. The number of amides is 2. The molecule has 12 heteroatoms. The first kappa shape index (κ1) is 24.5. The molecule has 2 N–H and O–H groups in total. The van der Waals surface area contributed by atoms with Crippen LogP contribution in [0.3, 0.4) is 0 Å². The van der Waals surface area contributed by atoms with E-state index in [0.717, 1.165) is 5.52 Å². The van der Waals surface area contributed by atoms with Crippen LogP contribution >= 0.6 is 0 Å². The highest BCUT2D eigenvalue weighted by Gasteiger charge is 2.40. The lowest BCUT2D eigenvalue weighted by Gasteiger charge is -2.26. The van der Waals surface area contributed by atoms with Crippen molar-refractivity contribution in [3.8, 4) is 0 Å². The number of rotatable bonds is 7. The van der Waals surface area contributed by atoms with E-state index in [2.05, 4.69) is 30.7 Å². The van der Waals surface area contributed by atoms with E-state index < -0.39 is 36.0 Å². The molecule has 0 aliphatic carbocycles. The van der Waals surface area contributed by atoms with E-state index in [4.69, 9.17) is 0 Å². The van der Waals surface area contributed by atoms with Crippen LogP contribution in [0.1, 0.15) is 54.7 Å². The van der Waals surface area contributed by atoms with Crippen molar-refractivity contribution >= 4 is 17.3 Å². The first-order valence-electron chi connectivity index (χ1n) is 12.0. The predicted molar refractivity (Wildman–Crippen MR) is 129 cm³/mol. The minimum Gasteiger partial charge on any atom is -0.342 e. The third-order valence-electron chi connectivity index (χ3n) is 6.55. The predicted octanol–water partition coefficient (Wildman–Crippen LogP) is 2.50. The lowest BCUT2D eigenvalue weighted by Crippen LogP contribution is -2.47. The van der Waals surface area contributed by atoms with Gasteiger partial charge in [0, 0.05) is 18.2 Å². The Morgan fingerprint density at radius 1 is 1.24 bits per heavy atom. The fourth-order valence-electron chi connectivity index (χ4n) is 4.61. The van der Waals surface area contributed by atoms with Crippen LogP contribution in [0.15, 0.2) is 49.2 Å². The van der Waals surface area contributed by atoms with Crippen LogP contribution in [-0.4, -0.2) is 65.3 Å². The Labute approximate surface area is 211 Å².